The summed E-state index contributed by atoms with van der Waals surface area (Å²) in [6, 6.07) is 5.24. The number of hydrogen-bond acceptors (Lipinski definition) is 4. The summed E-state index contributed by atoms with van der Waals surface area (Å²) in [5.41, 5.74) is 3.74. The number of amides is 1. The lowest BCUT2D eigenvalue weighted by Gasteiger charge is -2.11. The second-order valence-corrected chi connectivity index (χ2v) is 6.99. The van der Waals surface area contributed by atoms with Gasteiger partial charge in [-0.2, -0.15) is 0 Å². The van der Waals surface area contributed by atoms with Crippen LogP contribution in [-0.2, 0) is 17.8 Å². The zero-order valence-corrected chi connectivity index (χ0v) is 16.1. The van der Waals surface area contributed by atoms with Gasteiger partial charge in [0, 0.05) is 34.4 Å². The Morgan fingerprint density at radius 1 is 1.21 bits per heavy atom. The van der Waals surface area contributed by atoms with E-state index in [9.17, 15) is 4.79 Å². The van der Waals surface area contributed by atoms with Crippen LogP contribution in [0, 0.1) is 13.8 Å². The molecule has 1 N–H and O–H groups in total. The summed E-state index contributed by atoms with van der Waals surface area (Å²) in [6.07, 6.45) is 2.95. The van der Waals surface area contributed by atoms with E-state index < -0.39 is 0 Å². The molecule has 1 amide bonds. The van der Waals surface area contributed by atoms with Gasteiger partial charge in [0.05, 0.1) is 0 Å². The van der Waals surface area contributed by atoms with Crippen molar-refractivity contribution in [1.82, 2.24) is 15.3 Å². The number of benzene rings is 1. The lowest BCUT2D eigenvalue weighted by molar-refractivity contribution is -0.121. The normalized spacial score (nSPS) is 10.7. The maximum atomic E-state index is 12.1. The van der Waals surface area contributed by atoms with Gasteiger partial charge in [-0.15, -0.1) is 0 Å². The first-order valence-electron chi connectivity index (χ1n) is 7.49. The van der Waals surface area contributed by atoms with Crippen LogP contribution < -0.4 is 5.32 Å². The van der Waals surface area contributed by atoms with Crippen LogP contribution in [0.1, 0.15) is 28.9 Å². The van der Waals surface area contributed by atoms with Crippen molar-refractivity contribution in [1.29, 1.82) is 0 Å². The maximum absolute atomic E-state index is 12.1. The monoisotopic (exact) mass is 383 g/mol. The minimum Gasteiger partial charge on any atom is -0.352 e. The fourth-order valence-electron chi connectivity index (χ4n) is 2.35. The third kappa shape index (κ3) is 5.10. The highest BCUT2D eigenvalue weighted by atomic mass is 35.5. The first kappa shape index (κ1) is 19.0. The number of nitrogens with one attached hydrogen (secondary N) is 1. The second-order valence-electron chi connectivity index (χ2n) is 5.37. The fraction of sp³-hybridized carbons (Fsp3) is 0.353. The Morgan fingerprint density at radius 3 is 2.46 bits per heavy atom. The van der Waals surface area contributed by atoms with Crippen molar-refractivity contribution in [2.75, 3.05) is 6.26 Å². The molecule has 0 fully saturated rings. The number of hydrogen-bond donors (Lipinski definition) is 1. The SMILES string of the molecule is CSc1nc(C)c(CCC(=O)NCc2ccc(Cl)cc2Cl)c(C)n1. The molecule has 1 aromatic carbocycles. The molecule has 128 valence electrons. The topological polar surface area (TPSA) is 54.9 Å². The number of carbonyl (C=O) groups is 1. The summed E-state index contributed by atoms with van der Waals surface area (Å²) in [5.74, 6) is -0.0336. The molecule has 2 rings (SSSR count). The molecule has 0 aliphatic rings. The van der Waals surface area contributed by atoms with Crippen LogP contribution in [0.4, 0.5) is 0 Å². The number of rotatable bonds is 6. The molecular weight excluding hydrogens is 365 g/mol. The quantitative estimate of drug-likeness (QED) is 0.594. The molecule has 0 unspecified atom stereocenters. The van der Waals surface area contributed by atoms with Crippen LogP contribution in [0.5, 0.6) is 0 Å². The maximum Gasteiger partial charge on any atom is 0.220 e. The molecule has 0 spiro atoms. The Bertz CT molecular complexity index is 730. The molecule has 0 radical (unpaired) electrons. The molecular formula is C17H19Cl2N3OS. The van der Waals surface area contributed by atoms with Crippen LogP contribution in [0.15, 0.2) is 23.4 Å². The van der Waals surface area contributed by atoms with Gasteiger partial charge in [0.1, 0.15) is 0 Å². The van der Waals surface area contributed by atoms with E-state index in [0.29, 0.717) is 29.4 Å². The van der Waals surface area contributed by atoms with Crippen molar-refractivity contribution >= 4 is 40.9 Å². The molecule has 1 aromatic heterocycles. The summed E-state index contributed by atoms with van der Waals surface area (Å²) in [5, 5.41) is 4.77. The number of nitrogens with zero attached hydrogens (tertiary/aromatic N) is 2. The average Bonchev–Trinajstić information content (AvgIpc) is 2.53. The van der Waals surface area contributed by atoms with Gasteiger partial charge in [0.2, 0.25) is 5.91 Å². The van der Waals surface area contributed by atoms with E-state index in [1.807, 2.05) is 26.2 Å². The van der Waals surface area contributed by atoms with Crippen LogP contribution in [0.2, 0.25) is 10.0 Å². The minimum absolute atomic E-state index is 0.0336. The van der Waals surface area contributed by atoms with Gasteiger partial charge in [0.15, 0.2) is 5.16 Å². The summed E-state index contributed by atoms with van der Waals surface area (Å²) < 4.78 is 0. The second kappa shape index (κ2) is 8.70. The van der Waals surface area contributed by atoms with Gasteiger partial charge in [-0.25, -0.2) is 9.97 Å². The molecule has 2 aromatic rings. The van der Waals surface area contributed by atoms with Crippen LogP contribution in [0.3, 0.4) is 0 Å². The van der Waals surface area contributed by atoms with Gasteiger partial charge >= 0.3 is 0 Å². The Labute approximate surface area is 156 Å². The van der Waals surface area contributed by atoms with Gasteiger partial charge < -0.3 is 5.32 Å². The highest BCUT2D eigenvalue weighted by Gasteiger charge is 2.11. The Balaban J connectivity index is 1.92. The lowest BCUT2D eigenvalue weighted by Crippen LogP contribution is -2.23. The zero-order valence-electron chi connectivity index (χ0n) is 13.8. The van der Waals surface area contributed by atoms with Crippen LogP contribution in [-0.4, -0.2) is 22.1 Å². The van der Waals surface area contributed by atoms with Gasteiger partial charge in [-0.1, -0.05) is 41.0 Å². The van der Waals surface area contributed by atoms with E-state index in [1.165, 1.54) is 11.8 Å². The van der Waals surface area contributed by atoms with Crippen molar-refractivity contribution in [2.45, 2.75) is 38.4 Å². The third-order valence-electron chi connectivity index (χ3n) is 3.68. The average molecular weight is 384 g/mol. The molecule has 7 heteroatoms. The largest absolute Gasteiger partial charge is 0.352 e. The smallest absolute Gasteiger partial charge is 0.220 e. The van der Waals surface area contributed by atoms with Gasteiger partial charge in [-0.05, 0) is 49.8 Å². The summed E-state index contributed by atoms with van der Waals surface area (Å²) in [7, 11) is 0. The first-order chi connectivity index (χ1) is 11.4. The van der Waals surface area contributed by atoms with Gasteiger partial charge in [-0.3, -0.25) is 4.79 Å². The zero-order chi connectivity index (χ0) is 17.7. The minimum atomic E-state index is -0.0336. The first-order valence-corrected chi connectivity index (χ1v) is 9.47. The highest BCUT2D eigenvalue weighted by molar-refractivity contribution is 7.98. The molecule has 24 heavy (non-hydrogen) atoms. The van der Waals surface area contributed by atoms with E-state index in [0.717, 1.165) is 27.7 Å². The van der Waals surface area contributed by atoms with E-state index in [2.05, 4.69) is 15.3 Å². The predicted octanol–water partition coefficient (Wildman–Crippen LogP) is 4.37. The van der Waals surface area contributed by atoms with Crippen molar-refractivity contribution in [3.63, 3.8) is 0 Å². The Morgan fingerprint density at radius 2 is 1.88 bits per heavy atom. The van der Waals surface area contributed by atoms with E-state index in [1.54, 1.807) is 12.1 Å². The molecule has 0 bridgehead atoms. The predicted molar refractivity (Wildman–Crippen MR) is 99.9 cm³/mol. The highest BCUT2D eigenvalue weighted by Crippen LogP contribution is 2.21. The lowest BCUT2D eigenvalue weighted by atomic mass is 10.1. The summed E-state index contributed by atoms with van der Waals surface area (Å²) in [4.78, 5) is 21.0. The summed E-state index contributed by atoms with van der Waals surface area (Å²) in [6.45, 7) is 4.29. The molecule has 4 nitrogen and oxygen atoms in total. The molecule has 1 heterocycles. The number of halogens is 2. The Hall–Kier alpha value is -1.30. The van der Waals surface area contributed by atoms with Crippen molar-refractivity contribution < 1.29 is 4.79 Å². The van der Waals surface area contributed by atoms with E-state index in [-0.39, 0.29) is 5.91 Å². The molecule has 0 saturated heterocycles. The number of carbonyl (C=O) groups excluding carboxylic acids is 1. The molecule has 0 atom stereocenters. The summed E-state index contributed by atoms with van der Waals surface area (Å²) >= 11 is 13.5. The van der Waals surface area contributed by atoms with Gasteiger partial charge in [0.25, 0.3) is 0 Å². The molecule has 0 saturated carbocycles. The van der Waals surface area contributed by atoms with Crippen molar-refractivity contribution in [2.24, 2.45) is 0 Å². The Kier molecular flexibility index (Phi) is 6.90. The third-order valence-corrected chi connectivity index (χ3v) is 4.81. The number of aromatic nitrogens is 2. The standard InChI is InChI=1S/C17H19Cl2N3OS/c1-10-14(11(2)22-17(21-10)24-3)6-7-16(23)20-9-12-4-5-13(18)8-15(12)19/h4-5,8H,6-7,9H2,1-3H3,(H,20,23). The van der Waals surface area contributed by atoms with Crippen LogP contribution >= 0.6 is 35.0 Å². The van der Waals surface area contributed by atoms with Crippen molar-refractivity contribution in [3.8, 4) is 0 Å². The number of thioether (sulfide) groups is 1. The van der Waals surface area contributed by atoms with E-state index >= 15 is 0 Å². The fourth-order valence-corrected chi connectivity index (χ4v) is 3.28. The molecule has 0 aliphatic heterocycles. The van der Waals surface area contributed by atoms with Crippen LogP contribution in [0.25, 0.3) is 0 Å². The van der Waals surface area contributed by atoms with Crippen molar-refractivity contribution in [3.05, 3.63) is 50.8 Å². The van der Waals surface area contributed by atoms with E-state index in [4.69, 9.17) is 23.2 Å². The molecule has 0 aliphatic carbocycles. The number of aryl methyl sites for hydroxylation is 2.